The van der Waals surface area contributed by atoms with E-state index in [-0.39, 0.29) is 16.7 Å². The number of Topliss-reactive ketones (excluding diaryl/α,β-unsaturated/α-hetero) is 1. The normalized spacial score (nSPS) is 11.3. The highest BCUT2D eigenvalue weighted by molar-refractivity contribution is 7.80. The van der Waals surface area contributed by atoms with Gasteiger partial charge in [0.15, 0.2) is 5.43 Å². The van der Waals surface area contributed by atoms with Gasteiger partial charge in [0.25, 0.3) is 0 Å². The number of carbonyl (C=O) groups excluding carboxylic acids is 1. The first-order valence-electron chi connectivity index (χ1n) is 19.7. The van der Waals surface area contributed by atoms with Crippen molar-refractivity contribution in [3.05, 3.63) is 70.4 Å². The van der Waals surface area contributed by atoms with Crippen LogP contribution in [0.3, 0.4) is 0 Å². The molecule has 1 aliphatic heterocycles. The number of aromatic hydroxyl groups is 1. The topological polar surface area (TPSA) is 126 Å². The fourth-order valence-electron chi connectivity index (χ4n) is 6.84. The Labute approximate surface area is 319 Å². The number of rotatable bonds is 26. The van der Waals surface area contributed by atoms with Crippen molar-refractivity contribution >= 4 is 45.6 Å². The van der Waals surface area contributed by atoms with E-state index in [4.69, 9.17) is 21.4 Å². The highest BCUT2D eigenvalue weighted by Crippen LogP contribution is 2.42. The summed E-state index contributed by atoms with van der Waals surface area (Å²) >= 11 is 5.54. The molecule has 286 valence electrons. The smallest absolute Gasteiger partial charge is 0.336 e. The van der Waals surface area contributed by atoms with Gasteiger partial charge in [-0.1, -0.05) is 109 Å². The Bertz CT molecular complexity index is 1800. The summed E-state index contributed by atoms with van der Waals surface area (Å²) < 4.78 is 11.7. The second-order valence-electron chi connectivity index (χ2n) is 14.1. The maximum Gasteiger partial charge on any atom is 0.336 e. The van der Waals surface area contributed by atoms with Crippen LogP contribution in [0.15, 0.2) is 63.8 Å². The Balaban J connectivity index is 1.11. The number of phenolic OH excluding ortho intramolecular Hbond substituents is 1. The average molecular weight is 744 g/mol. The number of ketones is 1. The summed E-state index contributed by atoms with van der Waals surface area (Å²) in [6.45, 7) is 3.33. The number of anilines is 1. The fourth-order valence-corrected chi connectivity index (χ4v) is 7.10. The number of fused-ring (bicyclic) bond motifs is 2. The van der Waals surface area contributed by atoms with Gasteiger partial charge in [0, 0.05) is 66.8 Å². The Kier molecular flexibility index (Phi) is 18.0. The predicted octanol–water partition coefficient (Wildman–Crippen LogP) is 11.7. The molecule has 0 amide bonds. The molecule has 0 unspecified atom stereocenters. The van der Waals surface area contributed by atoms with Crippen molar-refractivity contribution < 1.29 is 29.0 Å². The summed E-state index contributed by atoms with van der Waals surface area (Å²) in [4.78, 5) is 37.4. The number of unbranched alkanes of at least 4 members (excludes halogenated alkanes) is 13. The maximum absolute atomic E-state index is 12.5. The fraction of sp³-hybridized carbons (Fsp3) is 0.500. The molecule has 0 saturated heterocycles. The molecule has 2 aliphatic rings. The Morgan fingerprint density at radius 1 is 0.717 bits per heavy atom. The van der Waals surface area contributed by atoms with Gasteiger partial charge in [0.2, 0.25) is 0 Å². The lowest BCUT2D eigenvalue weighted by Gasteiger charge is -2.17. The first-order valence-corrected chi connectivity index (χ1v) is 20.1. The van der Waals surface area contributed by atoms with Crippen LogP contribution in [0.5, 0.6) is 5.75 Å². The second kappa shape index (κ2) is 22.9. The molecule has 0 fully saturated rings. The molecule has 3 N–H and O–H groups in total. The number of carboxylic acids is 1. The highest BCUT2D eigenvalue weighted by atomic mass is 32.1. The van der Waals surface area contributed by atoms with E-state index in [1.165, 1.54) is 101 Å². The van der Waals surface area contributed by atoms with Gasteiger partial charge in [-0.2, -0.15) is 0 Å². The van der Waals surface area contributed by atoms with E-state index >= 15 is 0 Å². The van der Waals surface area contributed by atoms with Crippen molar-refractivity contribution in [3.8, 4) is 28.2 Å². The first kappa shape index (κ1) is 41.7. The lowest BCUT2D eigenvalue weighted by molar-refractivity contribution is -0.119. The summed E-state index contributed by atoms with van der Waals surface area (Å²) in [5, 5.41) is 24.0. The van der Waals surface area contributed by atoms with Gasteiger partial charge in [-0.15, -0.1) is 0 Å². The van der Waals surface area contributed by atoms with Gasteiger partial charge in [-0.25, -0.2) is 4.79 Å². The van der Waals surface area contributed by atoms with E-state index in [9.17, 15) is 24.6 Å². The third kappa shape index (κ3) is 14.0. The van der Waals surface area contributed by atoms with Crippen LogP contribution < -0.4 is 10.7 Å². The minimum Gasteiger partial charge on any atom is -0.508 e. The number of benzene rings is 3. The number of hydrogen-bond donors (Lipinski definition) is 3. The first-order chi connectivity index (χ1) is 25.8. The number of phenols is 1. The Morgan fingerprint density at radius 3 is 1.98 bits per heavy atom. The molecule has 0 spiro atoms. The minimum atomic E-state index is -1.12. The van der Waals surface area contributed by atoms with E-state index in [0.717, 1.165) is 19.3 Å². The number of ether oxygens (including phenoxy) is 1. The van der Waals surface area contributed by atoms with Crippen LogP contribution in [0.2, 0.25) is 0 Å². The van der Waals surface area contributed by atoms with Crippen molar-refractivity contribution in [1.82, 2.24) is 0 Å². The van der Waals surface area contributed by atoms with Crippen LogP contribution in [-0.4, -0.2) is 40.2 Å². The number of carbonyl (C=O) groups is 2. The van der Waals surface area contributed by atoms with Gasteiger partial charge < -0.3 is 24.7 Å². The third-order valence-electron chi connectivity index (χ3n) is 9.73. The van der Waals surface area contributed by atoms with Crippen molar-refractivity contribution in [2.75, 3.05) is 18.5 Å². The summed E-state index contributed by atoms with van der Waals surface area (Å²) in [6.07, 6.45) is 21.6. The van der Waals surface area contributed by atoms with Crippen molar-refractivity contribution in [2.45, 2.75) is 129 Å². The molecule has 2 aromatic carbocycles. The molecule has 0 saturated carbocycles. The summed E-state index contributed by atoms with van der Waals surface area (Å²) in [7, 11) is 0. The number of nitrogens with one attached hydrogen (secondary N) is 1. The van der Waals surface area contributed by atoms with E-state index in [1.54, 1.807) is 30.3 Å². The van der Waals surface area contributed by atoms with Crippen LogP contribution in [0.4, 0.5) is 5.69 Å². The van der Waals surface area contributed by atoms with Crippen molar-refractivity contribution in [2.24, 2.45) is 0 Å². The standard InChI is InChI=1S/C44H57NO7S/c1-2-3-4-5-6-7-8-9-10-11-12-13-14-15-18-33(46)19-16-27-51-28-17-20-42(53)45-32-21-24-36(39(29-32)44(49)50)43-37-25-22-34(47)30-40(37)52-41-31-35(48)23-26-38(41)43/h21-26,29-31,47H,2-20,27-28H2,1H3,(H,45,53)(H,49,50). The molecule has 1 heterocycles. The Hall–Kier alpha value is -4.08. The average Bonchev–Trinajstić information content (AvgIpc) is 3.13. The van der Waals surface area contributed by atoms with E-state index in [1.807, 2.05) is 0 Å². The third-order valence-corrected chi connectivity index (χ3v) is 10.0. The molecule has 8 nitrogen and oxygen atoms in total. The highest BCUT2D eigenvalue weighted by Gasteiger charge is 2.22. The second-order valence-corrected chi connectivity index (χ2v) is 14.6. The van der Waals surface area contributed by atoms with Gasteiger partial charge in [-0.05, 0) is 61.2 Å². The SMILES string of the molecule is CCCCCCCCCCCCCCCCC(=O)CCCOCCCC(=S)Nc1ccc(-c2c3ccc(=O)cc-3oc3cc(O)ccc23)c(C(=O)O)c1. The zero-order chi connectivity index (χ0) is 37.8. The summed E-state index contributed by atoms with van der Waals surface area (Å²) in [5.74, 6) is -0.520. The maximum atomic E-state index is 12.5. The van der Waals surface area contributed by atoms with Gasteiger partial charge in [-0.3, -0.25) is 9.59 Å². The molecule has 0 aromatic heterocycles. The molecule has 0 bridgehead atoms. The molecule has 9 heteroatoms. The molecule has 2 aromatic rings. The molecular weight excluding hydrogens is 687 g/mol. The van der Waals surface area contributed by atoms with Gasteiger partial charge in [0.05, 0.1) is 10.6 Å². The van der Waals surface area contributed by atoms with E-state index in [0.29, 0.717) is 88.8 Å². The number of hydrogen-bond acceptors (Lipinski definition) is 7. The molecule has 0 atom stereocenters. The van der Waals surface area contributed by atoms with Gasteiger partial charge in [0.1, 0.15) is 22.9 Å². The molecule has 1 aliphatic carbocycles. The molecule has 53 heavy (non-hydrogen) atoms. The predicted molar refractivity (Wildman–Crippen MR) is 219 cm³/mol. The lowest BCUT2D eigenvalue weighted by Crippen LogP contribution is -2.11. The van der Waals surface area contributed by atoms with E-state index < -0.39 is 5.97 Å². The van der Waals surface area contributed by atoms with E-state index in [2.05, 4.69) is 12.2 Å². The molecule has 0 radical (unpaired) electrons. The zero-order valence-corrected chi connectivity index (χ0v) is 32.2. The van der Waals surface area contributed by atoms with Crippen LogP contribution in [-0.2, 0) is 9.53 Å². The van der Waals surface area contributed by atoms with Crippen LogP contribution in [0, 0.1) is 0 Å². The van der Waals surface area contributed by atoms with Gasteiger partial charge >= 0.3 is 5.97 Å². The monoisotopic (exact) mass is 743 g/mol. The quantitative estimate of drug-likeness (QED) is 0.0327. The molecular formula is C44H57NO7S. The summed E-state index contributed by atoms with van der Waals surface area (Å²) in [5.41, 5.74) is 2.28. The number of aromatic carboxylic acids is 1. The summed E-state index contributed by atoms with van der Waals surface area (Å²) in [6, 6.07) is 14.0. The number of carboxylic acid groups (broad SMARTS) is 1. The largest absolute Gasteiger partial charge is 0.508 e. The lowest BCUT2D eigenvalue weighted by atomic mass is 9.90. The van der Waals surface area contributed by atoms with Crippen LogP contribution >= 0.6 is 12.2 Å². The minimum absolute atomic E-state index is 0.0116. The van der Waals surface area contributed by atoms with Crippen LogP contribution in [0.25, 0.3) is 33.4 Å². The van der Waals surface area contributed by atoms with Crippen molar-refractivity contribution in [1.29, 1.82) is 0 Å². The number of thiocarbonyl (C=S) groups is 1. The van der Waals surface area contributed by atoms with Crippen molar-refractivity contribution in [3.63, 3.8) is 0 Å². The Morgan fingerprint density at radius 2 is 1.32 bits per heavy atom. The zero-order valence-electron chi connectivity index (χ0n) is 31.4. The molecule has 4 rings (SSSR count). The van der Waals surface area contributed by atoms with Crippen LogP contribution in [0.1, 0.15) is 139 Å².